The molecule has 98 valence electrons. The second-order valence-electron chi connectivity index (χ2n) is 3.87. The van der Waals surface area contributed by atoms with Crippen molar-refractivity contribution >= 4 is 33.7 Å². The van der Waals surface area contributed by atoms with Gasteiger partial charge in [0.2, 0.25) is 0 Å². The number of aromatic nitrogens is 1. The Labute approximate surface area is 118 Å². The number of carbonyl (C=O) groups excluding carboxylic acids is 1. The van der Waals surface area contributed by atoms with Crippen LogP contribution in [0.1, 0.15) is 28.9 Å². The van der Waals surface area contributed by atoms with Gasteiger partial charge in [0.1, 0.15) is 5.69 Å². The molecule has 0 saturated carbocycles. The molecule has 0 bridgehead atoms. The third-order valence-electron chi connectivity index (χ3n) is 2.64. The van der Waals surface area contributed by atoms with E-state index in [-0.39, 0.29) is 20.9 Å². The van der Waals surface area contributed by atoms with Crippen molar-refractivity contribution in [2.24, 2.45) is 0 Å². The normalized spacial score (nSPS) is 12.1. The molecule has 1 atom stereocenters. The van der Waals surface area contributed by atoms with Gasteiger partial charge in [-0.3, -0.25) is 14.9 Å². The average Bonchev–Trinajstić information content (AvgIpc) is 2.80. The minimum absolute atomic E-state index is 0.0643. The lowest BCUT2D eigenvalue weighted by molar-refractivity contribution is -0.381. The first kappa shape index (κ1) is 13.6. The predicted molar refractivity (Wildman–Crippen MR) is 73.0 cm³/mol. The van der Waals surface area contributed by atoms with Crippen LogP contribution in [0.4, 0.5) is 5.00 Å². The quantitative estimate of drug-likeness (QED) is 0.490. The number of hydrogen-bond donors (Lipinski definition) is 0. The van der Waals surface area contributed by atoms with Gasteiger partial charge in [-0.15, -0.1) is 0 Å². The molecule has 1 aromatic heterocycles. The molecule has 1 unspecified atom stereocenters. The van der Waals surface area contributed by atoms with E-state index in [1.165, 1.54) is 0 Å². The van der Waals surface area contributed by atoms with Crippen LogP contribution in [0.5, 0.6) is 0 Å². The number of nitro groups is 1. The Morgan fingerprint density at radius 1 is 1.42 bits per heavy atom. The van der Waals surface area contributed by atoms with Crippen molar-refractivity contribution in [3.05, 3.63) is 56.2 Å². The van der Waals surface area contributed by atoms with E-state index < -0.39 is 10.8 Å². The first-order chi connectivity index (χ1) is 9.00. The van der Waals surface area contributed by atoms with Crippen LogP contribution in [0.25, 0.3) is 0 Å². The average molecular weight is 297 g/mol. The Hall–Kier alpha value is -1.79. The van der Waals surface area contributed by atoms with Crippen LogP contribution in [0.2, 0.25) is 4.47 Å². The molecule has 19 heavy (non-hydrogen) atoms. The molecular weight excluding hydrogens is 288 g/mol. The molecule has 0 aliphatic rings. The van der Waals surface area contributed by atoms with Crippen LogP contribution in [0, 0.1) is 10.1 Å². The summed E-state index contributed by atoms with van der Waals surface area (Å²) < 4.78 is 0.0643. The summed E-state index contributed by atoms with van der Waals surface area (Å²) in [7, 11) is 0. The first-order valence-electron chi connectivity index (χ1n) is 5.40. The van der Waals surface area contributed by atoms with Gasteiger partial charge in [0.15, 0.2) is 10.3 Å². The molecule has 2 aromatic rings. The molecular formula is C12H9ClN2O3S. The summed E-state index contributed by atoms with van der Waals surface area (Å²) in [4.78, 5) is 26.5. The SMILES string of the molecule is CC(C(=O)c1ccccc1)c1nc(Cl)sc1[N+](=O)[O-]. The number of carbonyl (C=O) groups is 1. The maximum atomic E-state index is 12.2. The van der Waals surface area contributed by atoms with Crippen molar-refractivity contribution in [2.45, 2.75) is 12.8 Å². The Balaban J connectivity index is 2.37. The summed E-state index contributed by atoms with van der Waals surface area (Å²) in [5, 5.41) is 10.7. The molecule has 0 fully saturated rings. The second-order valence-corrected chi connectivity index (χ2v) is 5.43. The monoisotopic (exact) mass is 296 g/mol. The summed E-state index contributed by atoms with van der Waals surface area (Å²) in [5.41, 5.74) is 0.613. The Bertz CT molecular complexity index is 627. The molecule has 0 amide bonds. The van der Waals surface area contributed by atoms with Crippen LogP contribution in [0.15, 0.2) is 30.3 Å². The fourth-order valence-electron chi connectivity index (χ4n) is 1.69. The number of halogens is 1. The van der Waals surface area contributed by atoms with E-state index in [1.807, 2.05) is 0 Å². The van der Waals surface area contributed by atoms with Crippen molar-refractivity contribution in [3.8, 4) is 0 Å². The van der Waals surface area contributed by atoms with Gasteiger partial charge in [0, 0.05) is 5.56 Å². The number of hydrogen-bond acceptors (Lipinski definition) is 5. The van der Waals surface area contributed by atoms with Crippen LogP contribution >= 0.6 is 22.9 Å². The van der Waals surface area contributed by atoms with Gasteiger partial charge in [0.25, 0.3) is 0 Å². The predicted octanol–water partition coefficient (Wildman–Crippen LogP) is 3.69. The van der Waals surface area contributed by atoms with Crippen molar-refractivity contribution in [3.63, 3.8) is 0 Å². The van der Waals surface area contributed by atoms with E-state index >= 15 is 0 Å². The molecule has 7 heteroatoms. The van der Waals surface area contributed by atoms with E-state index in [0.717, 1.165) is 11.3 Å². The molecule has 0 aliphatic heterocycles. The fourth-order valence-corrected chi connectivity index (χ4v) is 2.70. The molecule has 5 nitrogen and oxygen atoms in total. The lowest BCUT2D eigenvalue weighted by Crippen LogP contribution is -2.11. The smallest absolute Gasteiger partial charge is 0.293 e. The zero-order valence-corrected chi connectivity index (χ0v) is 11.4. The van der Waals surface area contributed by atoms with Crippen LogP contribution in [-0.2, 0) is 0 Å². The van der Waals surface area contributed by atoms with Gasteiger partial charge in [0.05, 0.1) is 10.8 Å². The van der Waals surface area contributed by atoms with Crippen molar-refractivity contribution in [2.75, 3.05) is 0 Å². The largest absolute Gasteiger partial charge is 0.349 e. The van der Waals surface area contributed by atoms with Crippen LogP contribution < -0.4 is 0 Å². The Kier molecular flexibility index (Phi) is 3.92. The highest BCUT2D eigenvalue weighted by molar-refractivity contribution is 7.18. The molecule has 0 radical (unpaired) electrons. The van der Waals surface area contributed by atoms with E-state index in [0.29, 0.717) is 5.56 Å². The van der Waals surface area contributed by atoms with E-state index in [1.54, 1.807) is 37.3 Å². The van der Waals surface area contributed by atoms with E-state index in [9.17, 15) is 14.9 Å². The third kappa shape index (κ3) is 2.80. The Morgan fingerprint density at radius 2 is 2.05 bits per heavy atom. The molecule has 1 heterocycles. The van der Waals surface area contributed by atoms with Gasteiger partial charge in [-0.25, -0.2) is 4.98 Å². The van der Waals surface area contributed by atoms with Crippen molar-refractivity contribution < 1.29 is 9.72 Å². The number of Topliss-reactive ketones (excluding diaryl/α,β-unsaturated/α-hetero) is 1. The number of thiazole rings is 1. The van der Waals surface area contributed by atoms with Crippen molar-refractivity contribution in [1.29, 1.82) is 0 Å². The number of benzene rings is 1. The van der Waals surface area contributed by atoms with Gasteiger partial charge in [-0.05, 0) is 18.3 Å². The maximum absolute atomic E-state index is 12.2. The molecule has 1 aromatic carbocycles. The van der Waals surface area contributed by atoms with Crippen molar-refractivity contribution in [1.82, 2.24) is 4.98 Å². The number of ketones is 1. The number of rotatable bonds is 4. The van der Waals surface area contributed by atoms with Gasteiger partial charge < -0.3 is 0 Å². The maximum Gasteiger partial charge on any atom is 0.349 e. The molecule has 0 spiro atoms. The highest BCUT2D eigenvalue weighted by atomic mass is 35.5. The van der Waals surface area contributed by atoms with Crippen LogP contribution in [0.3, 0.4) is 0 Å². The first-order valence-corrected chi connectivity index (χ1v) is 6.60. The fraction of sp³-hybridized carbons (Fsp3) is 0.167. The lowest BCUT2D eigenvalue weighted by atomic mass is 9.97. The minimum atomic E-state index is -0.702. The zero-order valence-electron chi connectivity index (χ0n) is 9.87. The van der Waals surface area contributed by atoms with Crippen LogP contribution in [-0.4, -0.2) is 15.7 Å². The standard InChI is InChI=1S/C12H9ClN2O3S/c1-7(10(16)8-5-3-2-4-6-8)9-11(15(17)18)19-12(13)14-9/h2-7H,1H3. The highest BCUT2D eigenvalue weighted by Crippen LogP contribution is 2.35. The summed E-state index contributed by atoms with van der Waals surface area (Å²) >= 11 is 6.46. The van der Waals surface area contributed by atoms with Gasteiger partial charge in [-0.2, -0.15) is 0 Å². The number of nitrogens with zero attached hydrogens (tertiary/aromatic N) is 2. The zero-order chi connectivity index (χ0) is 14.0. The van der Waals surface area contributed by atoms with E-state index in [4.69, 9.17) is 11.6 Å². The summed E-state index contributed by atoms with van der Waals surface area (Å²) in [5.74, 6) is -0.919. The summed E-state index contributed by atoms with van der Waals surface area (Å²) in [6.07, 6.45) is 0. The molecule has 0 aliphatic carbocycles. The van der Waals surface area contributed by atoms with Gasteiger partial charge >= 0.3 is 5.00 Å². The minimum Gasteiger partial charge on any atom is -0.293 e. The second kappa shape index (κ2) is 5.46. The third-order valence-corrected chi connectivity index (χ3v) is 3.76. The summed E-state index contributed by atoms with van der Waals surface area (Å²) in [6, 6.07) is 8.60. The Morgan fingerprint density at radius 3 is 2.63 bits per heavy atom. The molecule has 0 saturated heterocycles. The van der Waals surface area contributed by atoms with Gasteiger partial charge in [-0.1, -0.05) is 41.9 Å². The van der Waals surface area contributed by atoms with E-state index in [2.05, 4.69) is 4.98 Å². The highest BCUT2D eigenvalue weighted by Gasteiger charge is 2.29. The lowest BCUT2D eigenvalue weighted by Gasteiger charge is -2.07. The molecule has 0 N–H and O–H groups in total. The topological polar surface area (TPSA) is 73.1 Å². The summed E-state index contributed by atoms with van der Waals surface area (Å²) in [6.45, 7) is 1.59. The molecule has 2 rings (SSSR count).